The van der Waals surface area contributed by atoms with Crippen LogP contribution in [0.4, 0.5) is 0 Å². The zero-order valence-corrected chi connectivity index (χ0v) is 12.2. The van der Waals surface area contributed by atoms with Crippen molar-refractivity contribution in [1.82, 2.24) is 15.1 Å². The number of piperazine rings is 1. The molecule has 2 heterocycles. The molecule has 0 aromatic carbocycles. The lowest BCUT2D eigenvalue weighted by Crippen LogP contribution is -2.61. The van der Waals surface area contributed by atoms with Crippen molar-refractivity contribution >= 4 is 0 Å². The van der Waals surface area contributed by atoms with Crippen LogP contribution < -0.4 is 5.32 Å². The van der Waals surface area contributed by atoms with Gasteiger partial charge in [-0.25, -0.2) is 0 Å². The summed E-state index contributed by atoms with van der Waals surface area (Å²) in [7, 11) is 0. The third-order valence-corrected chi connectivity index (χ3v) is 4.51. The second kappa shape index (κ2) is 8.13. The Balaban J connectivity index is 1.46. The van der Waals surface area contributed by atoms with E-state index < -0.39 is 0 Å². The van der Waals surface area contributed by atoms with Crippen LogP contribution in [0.2, 0.25) is 0 Å². The molecule has 2 fully saturated rings. The first-order valence-corrected chi connectivity index (χ1v) is 8.07. The molecule has 0 unspecified atom stereocenters. The van der Waals surface area contributed by atoms with Gasteiger partial charge in [-0.05, 0) is 13.0 Å². The normalized spacial score (nSPS) is 23.2. The van der Waals surface area contributed by atoms with Crippen LogP contribution in [0.1, 0.15) is 45.4 Å². The minimum Gasteiger partial charge on any atom is -0.314 e. The second-order valence-corrected chi connectivity index (χ2v) is 5.96. The van der Waals surface area contributed by atoms with Gasteiger partial charge < -0.3 is 10.2 Å². The van der Waals surface area contributed by atoms with E-state index in [9.17, 15) is 0 Å². The smallest absolute Gasteiger partial charge is 0.0346 e. The predicted molar refractivity (Wildman–Crippen MR) is 78.0 cm³/mol. The number of hydrogen-bond acceptors (Lipinski definition) is 3. The summed E-state index contributed by atoms with van der Waals surface area (Å²) in [5.74, 6) is 0. The van der Waals surface area contributed by atoms with Gasteiger partial charge in [0.25, 0.3) is 0 Å². The van der Waals surface area contributed by atoms with Gasteiger partial charge in [0, 0.05) is 45.3 Å². The van der Waals surface area contributed by atoms with Crippen molar-refractivity contribution in [2.45, 2.75) is 51.5 Å². The Hall–Kier alpha value is -0.120. The summed E-state index contributed by atoms with van der Waals surface area (Å²) >= 11 is 0. The number of unbranched alkanes of at least 4 members (excludes halogenated alkanes) is 5. The van der Waals surface area contributed by atoms with E-state index in [4.69, 9.17) is 0 Å². The van der Waals surface area contributed by atoms with Gasteiger partial charge in [-0.2, -0.15) is 0 Å². The molecule has 3 heteroatoms. The largest absolute Gasteiger partial charge is 0.314 e. The Morgan fingerprint density at radius 2 is 1.56 bits per heavy atom. The second-order valence-electron chi connectivity index (χ2n) is 5.96. The van der Waals surface area contributed by atoms with Crippen molar-refractivity contribution in [3.8, 4) is 0 Å². The molecule has 2 saturated heterocycles. The highest BCUT2D eigenvalue weighted by atomic mass is 15.3. The van der Waals surface area contributed by atoms with E-state index in [1.807, 2.05) is 0 Å². The lowest BCUT2D eigenvalue weighted by molar-refractivity contribution is 0.0721. The molecule has 18 heavy (non-hydrogen) atoms. The van der Waals surface area contributed by atoms with E-state index in [0.29, 0.717) is 0 Å². The van der Waals surface area contributed by atoms with E-state index in [2.05, 4.69) is 22.0 Å². The summed E-state index contributed by atoms with van der Waals surface area (Å²) in [6, 6.07) is 0.848. The minimum absolute atomic E-state index is 0.848. The SMILES string of the molecule is CCCCCCCCN1CCN(C2CNC2)CC1. The zero-order chi connectivity index (χ0) is 12.6. The molecule has 0 radical (unpaired) electrons. The predicted octanol–water partition coefficient (Wildman–Crippen LogP) is 1.94. The lowest BCUT2D eigenvalue weighted by atomic mass is 10.1. The molecule has 0 saturated carbocycles. The highest BCUT2D eigenvalue weighted by Gasteiger charge is 2.27. The van der Waals surface area contributed by atoms with Crippen LogP contribution in [0.25, 0.3) is 0 Å². The van der Waals surface area contributed by atoms with E-state index in [-0.39, 0.29) is 0 Å². The summed E-state index contributed by atoms with van der Waals surface area (Å²) in [6.07, 6.45) is 8.52. The summed E-state index contributed by atoms with van der Waals surface area (Å²) < 4.78 is 0. The van der Waals surface area contributed by atoms with Gasteiger partial charge in [0.2, 0.25) is 0 Å². The zero-order valence-electron chi connectivity index (χ0n) is 12.2. The van der Waals surface area contributed by atoms with Gasteiger partial charge in [0.05, 0.1) is 0 Å². The molecule has 3 nitrogen and oxygen atoms in total. The maximum atomic E-state index is 3.37. The van der Waals surface area contributed by atoms with Gasteiger partial charge in [-0.3, -0.25) is 4.90 Å². The molecular formula is C15H31N3. The van der Waals surface area contributed by atoms with E-state index in [1.54, 1.807) is 0 Å². The molecule has 0 bridgehead atoms. The fourth-order valence-corrected chi connectivity index (χ4v) is 3.00. The van der Waals surface area contributed by atoms with Crippen molar-refractivity contribution in [3.63, 3.8) is 0 Å². The molecular weight excluding hydrogens is 222 g/mol. The van der Waals surface area contributed by atoms with E-state index in [1.165, 1.54) is 84.3 Å². The van der Waals surface area contributed by atoms with Crippen LogP contribution in [-0.2, 0) is 0 Å². The average molecular weight is 253 g/mol. The van der Waals surface area contributed by atoms with E-state index in [0.717, 1.165) is 6.04 Å². The fourth-order valence-electron chi connectivity index (χ4n) is 3.00. The molecule has 2 rings (SSSR count). The van der Waals surface area contributed by atoms with Gasteiger partial charge in [-0.15, -0.1) is 0 Å². The Morgan fingerprint density at radius 1 is 0.889 bits per heavy atom. The summed E-state index contributed by atoms with van der Waals surface area (Å²) in [5.41, 5.74) is 0. The van der Waals surface area contributed by atoms with Crippen molar-refractivity contribution in [2.24, 2.45) is 0 Å². The minimum atomic E-state index is 0.848. The topological polar surface area (TPSA) is 18.5 Å². The first kappa shape index (κ1) is 14.3. The van der Waals surface area contributed by atoms with Crippen LogP contribution >= 0.6 is 0 Å². The fraction of sp³-hybridized carbons (Fsp3) is 1.00. The van der Waals surface area contributed by atoms with E-state index >= 15 is 0 Å². The standard InChI is InChI=1S/C15H31N3/c1-2-3-4-5-6-7-8-17-9-11-18(12-10-17)15-13-16-14-15/h15-16H,2-14H2,1H3. The van der Waals surface area contributed by atoms with Crippen LogP contribution in [0.5, 0.6) is 0 Å². The Labute approximate surface area is 113 Å². The molecule has 0 aromatic rings. The highest BCUT2D eigenvalue weighted by Crippen LogP contribution is 2.11. The summed E-state index contributed by atoms with van der Waals surface area (Å²) in [4.78, 5) is 5.34. The van der Waals surface area contributed by atoms with Crippen LogP contribution in [-0.4, -0.2) is 61.7 Å². The average Bonchev–Trinajstić information content (AvgIpc) is 2.33. The maximum Gasteiger partial charge on any atom is 0.0346 e. The van der Waals surface area contributed by atoms with Crippen molar-refractivity contribution in [1.29, 1.82) is 0 Å². The Bertz CT molecular complexity index is 208. The number of hydrogen-bond donors (Lipinski definition) is 1. The molecule has 1 N–H and O–H groups in total. The van der Waals surface area contributed by atoms with Crippen molar-refractivity contribution in [2.75, 3.05) is 45.8 Å². The quantitative estimate of drug-likeness (QED) is 0.667. The van der Waals surface area contributed by atoms with Gasteiger partial charge in [0.1, 0.15) is 0 Å². The summed E-state index contributed by atoms with van der Waals surface area (Å²) in [5, 5.41) is 3.37. The van der Waals surface area contributed by atoms with Crippen molar-refractivity contribution < 1.29 is 0 Å². The molecule has 0 aromatic heterocycles. The summed E-state index contributed by atoms with van der Waals surface area (Å²) in [6.45, 7) is 11.2. The first-order chi connectivity index (χ1) is 8.90. The Morgan fingerprint density at radius 3 is 2.17 bits per heavy atom. The highest BCUT2D eigenvalue weighted by molar-refractivity contribution is 4.87. The van der Waals surface area contributed by atoms with Gasteiger partial charge in [0.15, 0.2) is 0 Å². The number of nitrogens with one attached hydrogen (secondary N) is 1. The lowest BCUT2D eigenvalue weighted by Gasteiger charge is -2.43. The number of rotatable bonds is 8. The molecule has 106 valence electrons. The Kier molecular flexibility index (Phi) is 6.46. The van der Waals surface area contributed by atoms with Gasteiger partial charge in [-0.1, -0.05) is 39.0 Å². The third kappa shape index (κ3) is 4.52. The molecule has 2 aliphatic heterocycles. The third-order valence-electron chi connectivity index (χ3n) is 4.51. The van der Waals surface area contributed by atoms with Crippen LogP contribution in [0.3, 0.4) is 0 Å². The van der Waals surface area contributed by atoms with Crippen molar-refractivity contribution in [3.05, 3.63) is 0 Å². The molecule has 0 atom stereocenters. The van der Waals surface area contributed by atoms with Gasteiger partial charge >= 0.3 is 0 Å². The van der Waals surface area contributed by atoms with Crippen LogP contribution in [0, 0.1) is 0 Å². The molecule has 0 aliphatic carbocycles. The molecule has 2 aliphatic rings. The monoisotopic (exact) mass is 253 g/mol. The maximum absolute atomic E-state index is 3.37. The molecule has 0 amide bonds. The number of nitrogens with zero attached hydrogens (tertiary/aromatic N) is 2. The molecule has 0 spiro atoms. The first-order valence-electron chi connectivity index (χ1n) is 8.07. The van der Waals surface area contributed by atoms with Crippen LogP contribution in [0.15, 0.2) is 0 Å².